The summed E-state index contributed by atoms with van der Waals surface area (Å²) in [6.07, 6.45) is 0.821. The summed E-state index contributed by atoms with van der Waals surface area (Å²) in [4.78, 5) is 11.9. The van der Waals surface area contributed by atoms with Gasteiger partial charge in [0.25, 0.3) is 5.91 Å². The minimum absolute atomic E-state index is 0.0411. The Hall–Kier alpha value is -1.48. The average Bonchev–Trinajstić information content (AvgIpc) is 2.78. The summed E-state index contributed by atoms with van der Waals surface area (Å²) in [5.41, 5.74) is 1.87. The van der Waals surface area contributed by atoms with Crippen molar-refractivity contribution in [3.63, 3.8) is 0 Å². The maximum Gasteiger partial charge on any atom is 0.287 e. The van der Waals surface area contributed by atoms with Crippen LogP contribution in [0.15, 0.2) is 28.7 Å². The number of fused-ring (bicyclic) bond motifs is 1. The van der Waals surface area contributed by atoms with Crippen LogP contribution < -0.4 is 5.32 Å². The highest BCUT2D eigenvalue weighted by Gasteiger charge is 2.13. The lowest BCUT2D eigenvalue weighted by atomic mass is 10.2. The molecule has 0 fully saturated rings. The Morgan fingerprint density at radius 1 is 1.44 bits per heavy atom. The van der Waals surface area contributed by atoms with E-state index in [1.807, 2.05) is 32.0 Å². The molecule has 1 aromatic heterocycles. The molecule has 2 aromatic rings. The predicted octanol–water partition coefficient (Wildman–Crippen LogP) is 3.49. The molecule has 4 heteroatoms. The molecule has 96 valence electrons. The van der Waals surface area contributed by atoms with Crippen LogP contribution in [-0.4, -0.2) is 17.8 Å². The van der Waals surface area contributed by atoms with Gasteiger partial charge in [0.1, 0.15) is 5.58 Å². The van der Waals surface area contributed by atoms with Crippen molar-refractivity contribution in [2.75, 3.05) is 6.54 Å². The number of alkyl halides is 1. The van der Waals surface area contributed by atoms with E-state index in [2.05, 4.69) is 5.32 Å². The summed E-state index contributed by atoms with van der Waals surface area (Å²) >= 11 is 5.95. The van der Waals surface area contributed by atoms with Gasteiger partial charge in [-0.25, -0.2) is 0 Å². The molecule has 0 bridgehead atoms. The normalized spacial score (nSPS) is 12.6. The molecule has 1 N–H and O–H groups in total. The van der Waals surface area contributed by atoms with Gasteiger partial charge in [0, 0.05) is 11.9 Å². The van der Waals surface area contributed by atoms with Gasteiger partial charge >= 0.3 is 0 Å². The van der Waals surface area contributed by atoms with Gasteiger partial charge in [0.05, 0.1) is 5.38 Å². The zero-order valence-electron chi connectivity index (χ0n) is 10.5. The smallest absolute Gasteiger partial charge is 0.287 e. The van der Waals surface area contributed by atoms with Crippen LogP contribution in [0.3, 0.4) is 0 Å². The summed E-state index contributed by atoms with van der Waals surface area (Å²) < 4.78 is 5.50. The van der Waals surface area contributed by atoms with Crippen molar-refractivity contribution < 1.29 is 9.21 Å². The summed E-state index contributed by atoms with van der Waals surface area (Å²) in [6, 6.07) is 7.58. The first-order valence-corrected chi connectivity index (χ1v) is 6.46. The molecule has 0 saturated carbocycles. The van der Waals surface area contributed by atoms with Crippen LogP contribution in [-0.2, 0) is 0 Å². The number of nitrogens with one attached hydrogen (secondary N) is 1. The molecule has 0 aliphatic carbocycles. The maximum atomic E-state index is 11.9. The molecule has 1 unspecified atom stereocenters. The number of amides is 1. The van der Waals surface area contributed by atoms with Crippen molar-refractivity contribution in [2.24, 2.45) is 0 Å². The van der Waals surface area contributed by atoms with E-state index >= 15 is 0 Å². The van der Waals surface area contributed by atoms with Gasteiger partial charge in [-0.3, -0.25) is 4.79 Å². The number of benzene rings is 1. The second-order valence-electron chi connectivity index (χ2n) is 4.37. The molecule has 3 nitrogen and oxygen atoms in total. The standard InChI is InChI=1S/C14H16ClNO2/c1-3-11(15)8-16-14(17)13-7-10-6-9(2)4-5-12(10)18-13/h4-7,11H,3,8H2,1-2H3,(H,16,17). The van der Waals surface area contributed by atoms with Crippen molar-refractivity contribution in [1.29, 1.82) is 0 Å². The number of carbonyl (C=O) groups is 1. The molecular weight excluding hydrogens is 250 g/mol. The van der Waals surface area contributed by atoms with Crippen molar-refractivity contribution in [1.82, 2.24) is 5.32 Å². The molecule has 1 aromatic carbocycles. The third-order valence-corrected chi connectivity index (χ3v) is 3.29. The minimum atomic E-state index is -0.219. The van der Waals surface area contributed by atoms with E-state index in [1.54, 1.807) is 6.07 Å². The number of hydrogen-bond donors (Lipinski definition) is 1. The van der Waals surface area contributed by atoms with Crippen LogP contribution in [0.1, 0.15) is 29.5 Å². The molecular formula is C14H16ClNO2. The molecule has 0 aliphatic rings. The van der Waals surface area contributed by atoms with Gasteiger partial charge < -0.3 is 9.73 Å². The van der Waals surface area contributed by atoms with Gasteiger partial charge in [-0.2, -0.15) is 0 Å². The van der Waals surface area contributed by atoms with Crippen molar-refractivity contribution in [3.05, 3.63) is 35.6 Å². The zero-order valence-corrected chi connectivity index (χ0v) is 11.3. The van der Waals surface area contributed by atoms with Crippen molar-refractivity contribution in [2.45, 2.75) is 25.6 Å². The SMILES string of the molecule is CCC(Cl)CNC(=O)c1cc2cc(C)ccc2o1. The van der Waals surface area contributed by atoms with Crippen LogP contribution in [0, 0.1) is 6.92 Å². The third-order valence-electron chi connectivity index (χ3n) is 2.82. The Balaban J connectivity index is 2.13. The summed E-state index contributed by atoms with van der Waals surface area (Å²) in [6.45, 7) is 4.44. The van der Waals surface area contributed by atoms with Crippen LogP contribution >= 0.6 is 11.6 Å². The van der Waals surface area contributed by atoms with Gasteiger partial charge in [-0.1, -0.05) is 18.6 Å². The molecule has 0 spiro atoms. The predicted molar refractivity (Wildman–Crippen MR) is 73.2 cm³/mol. The Morgan fingerprint density at radius 2 is 2.22 bits per heavy atom. The summed E-state index contributed by atoms with van der Waals surface area (Å²) in [5.74, 6) is 0.110. The minimum Gasteiger partial charge on any atom is -0.451 e. The second kappa shape index (κ2) is 5.44. The molecule has 0 saturated heterocycles. The Bertz CT molecular complexity index is 562. The van der Waals surface area contributed by atoms with Gasteiger partial charge in [0.2, 0.25) is 0 Å². The van der Waals surface area contributed by atoms with Gasteiger partial charge in [-0.15, -0.1) is 11.6 Å². The number of furan rings is 1. The fraction of sp³-hybridized carbons (Fsp3) is 0.357. The first kappa shape index (κ1) is 13.0. The first-order chi connectivity index (χ1) is 8.60. The van der Waals surface area contributed by atoms with Crippen LogP contribution in [0.2, 0.25) is 0 Å². The van der Waals surface area contributed by atoms with E-state index in [1.165, 1.54) is 0 Å². The monoisotopic (exact) mass is 265 g/mol. The van der Waals surface area contributed by atoms with E-state index < -0.39 is 0 Å². The van der Waals surface area contributed by atoms with Crippen molar-refractivity contribution in [3.8, 4) is 0 Å². The number of carbonyl (C=O) groups excluding carboxylic acids is 1. The Morgan fingerprint density at radius 3 is 2.94 bits per heavy atom. The lowest BCUT2D eigenvalue weighted by Gasteiger charge is -2.06. The molecule has 1 atom stereocenters. The lowest BCUT2D eigenvalue weighted by Crippen LogP contribution is -2.29. The number of rotatable bonds is 4. The van der Waals surface area contributed by atoms with Crippen LogP contribution in [0.4, 0.5) is 0 Å². The molecule has 1 heterocycles. The zero-order chi connectivity index (χ0) is 13.1. The van der Waals surface area contributed by atoms with E-state index in [4.69, 9.17) is 16.0 Å². The van der Waals surface area contributed by atoms with E-state index in [0.717, 1.165) is 23.0 Å². The highest BCUT2D eigenvalue weighted by molar-refractivity contribution is 6.20. The molecule has 0 aliphatic heterocycles. The molecule has 1 amide bonds. The lowest BCUT2D eigenvalue weighted by molar-refractivity contribution is 0.0928. The molecule has 18 heavy (non-hydrogen) atoms. The third kappa shape index (κ3) is 2.85. The summed E-state index contributed by atoms with van der Waals surface area (Å²) in [5, 5.41) is 3.66. The van der Waals surface area contributed by atoms with Crippen LogP contribution in [0.25, 0.3) is 11.0 Å². The average molecular weight is 266 g/mol. The van der Waals surface area contributed by atoms with E-state index in [0.29, 0.717) is 12.3 Å². The largest absolute Gasteiger partial charge is 0.451 e. The van der Waals surface area contributed by atoms with Gasteiger partial charge in [0.15, 0.2) is 5.76 Å². The van der Waals surface area contributed by atoms with E-state index in [9.17, 15) is 4.79 Å². The number of aryl methyl sites for hydroxylation is 1. The first-order valence-electron chi connectivity index (χ1n) is 6.02. The van der Waals surface area contributed by atoms with E-state index in [-0.39, 0.29) is 11.3 Å². The highest BCUT2D eigenvalue weighted by Crippen LogP contribution is 2.20. The van der Waals surface area contributed by atoms with Crippen molar-refractivity contribution >= 4 is 28.5 Å². The number of halogens is 1. The second-order valence-corrected chi connectivity index (χ2v) is 4.98. The fourth-order valence-corrected chi connectivity index (χ4v) is 1.79. The maximum absolute atomic E-state index is 11.9. The quantitative estimate of drug-likeness (QED) is 0.860. The van der Waals surface area contributed by atoms with Gasteiger partial charge in [-0.05, 0) is 31.5 Å². The highest BCUT2D eigenvalue weighted by atomic mass is 35.5. The Kier molecular flexibility index (Phi) is 3.92. The topological polar surface area (TPSA) is 42.2 Å². The molecule has 0 radical (unpaired) electrons. The summed E-state index contributed by atoms with van der Waals surface area (Å²) in [7, 11) is 0. The molecule has 2 rings (SSSR count). The fourth-order valence-electron chi connectivity index (χ4n) is 1.71. The number of hydrogen-bond acceptors (Lipinski definition) is 2. The van der Waals surface area contributed by atoms with Crippen LogP contribution in [0.5, 0.6) is 0 Å². The Labute approximate surface area is 111 Å².